The fraction of sp³-hybridized carbons (Fsp3) is 0.400. The topological polar surface area (TPSA) is 108 Å². The molecule has 0 aliphatic heterocycles. The molecule has 0 aromatic carbocycles. The van der Waals surface area contributed by atoms with Gasteiger partial charge in [-0.05, 0) is 55.4 Å². The Morgan fingerprint density at radius 1 is 0.833 bits per heavy atom. The Bertz CT molecular complexity index is 778. The smallest absolute Gasteiger partial charge is 0.320 e. The highest BCUT2D eigenvalue weighted by molar-refractivity contribution is 6.30. The van der Waals surface area contributed by atoms with Crippen molar-refractivity contribution in [3.8, 4) is 0 Å². The summed E-state index contributed by atoms with van der Waals surface area (Å²) in [6.45, 7) is 1.16. The van der Waals surface area contributed by atoms with Gasteiger partial charge in [0.25, 0.3) is 0 Å². The zero-order chi connectivity index (χ0) is 21.3. The lowest BCUT2D eigenvalue weighted by molar-refractivity contribution is 0.230. The standard InChI is InChI=1S/C20H24Cl2N6O2/c21-15-4-6-17(23-11-15)27-19(29)25-9-13-2-1-3-14(8-13)10-26-20(30)28-18-7-5-16(22)12-24-18/h4-7,11-14H,1-3,8-10H2,(H2,23,25,27,29)(H2,24,26,28,30)/t13-,14+. The Morgan fingerprint density at radius 3 is 1.70 bits per heavy atom. The predicted octanol–water partition coefficient (Wildman–Crippen LogP) is 4.53. The third kappa shape index (κ3) is 7.35. The van der Waals surface area contributed by atoms with E-state index in [2.05, 4.69) is 31.2 Å². The molecule has 2 aromatic rings. The van der Waals surface area contributed by atoms with Gasteiger partial charge >= 0.3 is 12.1 Å². The van der Waals surface area contributed by atoms with E-state index in [-0.39, 0.29) is 12.1 Å². The fourth-order valence-corrected chi connectivity index (χ4v) is 3.69. The predicted molar refractivity (Wildman–Crippen MR) is 118 cm³/mol. The highest BCUT2D eigenvalue weighted by Gasteiger charge is 2.23. The highest BCUT2D eigenvalue weighted by atomic mass is 35.5. The van der Waals surface area contributed by atoms with Crippen LogP contribution >= 0.6 is 23.2 Å². The van der Waals surface area contributed by atoms with Gasteiger partial charge in [0.05, 0.1) is 10.0 Å². The maximum atomic E-state index is 12.1. The SMILES string of the molecule is O=C(NC[C@H]1CCC[C@@H](CNC(=O)Nc2ccc(Cl)cn2)C1)Nc1ccc(Cl)cn1. The van der Waals surface area contributed by atoms with Crippen molar-refractivity contribution < 1.29 is 9.59 Å². The van der Waals surface area contributed by atoms with Crippen LogP contribution in [0.15, 0.2) is 36.7 Å². The van der Waals surface area contributed by atoms with Crippen molar-refractivity contribution >= 4 is 46.9 Å². The largest absolute Gasteiger partial charge is 0.338 e. The molecule has 4 N–H and O–H groups in total. The summed E-state index contributed by atoms with van der Waals surface area (Å²) in [6.07, 6.45) is 7.08. The normalized spacial score (nSPS) is 18.3. The number of nitrogens with zero attached hydrogens (tertiary/aromatic N) is 2. The van der Waals surface area contributed by atoms with Gasteiger partial charge in [-0.1, -0.05) is 29.6 Å². The van der Waals surface area contributed by atoms with Gasteiger partial charge in [-0.2, -0.15) is 0 Å². The summed E-state index contributed by atoms with van der Waals surface area (Å²) < 4.78 is 0. The molecule has 2 heterocycles. The second-order valence-electron chi connectivity index (χ2n) is 7.29. The molecule has 8 nitrogen and oxygen atoms in total. The number of anilines is 2. The lowest BCUT2D eigenvalue weighted by Gasteiger charge is -2.29. The molecule has 3 rings (SSSR count). The van der Waals surface area contributed by atoms with Gasteiger partial charge in [-0.3, -0.25) is 10.6 Å². The summed E-state index contributed by atoms with van der Waals surface area (Å²) in [6, 6.07) is 6.05. The summed E-state index contributed by atoms with van der Waals surface area (Å²) in [5.74, 6) is 1.64. The molecule has 0 spiro atoms. The molecule has 160 valence electrons. The van der Waals surface area contributed by atoms with Crippen molar-refractivity contribution in [3.05, 3.63) is 46.7 Å². The molecular weight excluding hydrogens is 427 g/mol. The minimum Gasteiger partial charge on any atom is -0.338 e. The van der Waals surface area contributed by atoms with E-state index in [4.69, 9.17) is 23.2 Å². The van der Waals surface area contributed by atoms with Gasteiger partial charge in [0.1, 0.15) is 11.6 Å². The number of rotatable bonds is 6. The molecule has 1 aliphatic rings. The van der Waals surface area contributed by atoms with Gasteiger partial charge in [-0.15, -0.1) is 0 Å². The molecule has 0 radical (unpaired) electrons. The van der Waals surface area contributed by atoms with E-state index < -0.39 is 0 Å². The first-order valence-corrected chi connectivity index (χ1v) is 10.6. The van der Waals surface area contributed by atoms with Crippen LogP contribution in [0.3, 0.4) is 0 Å². The van der Waals surface area contributed by atoms with Gasteiger partial charge < -0.3 is 10.6 Å². The number of halogens is 2. The Kier molecular flexibility index (Phi) is 8.10. The number of pyridine rings is 2. The lowest BCUT2D eigenvalue weighted by Crippen LogP contribution is -2.38. The second kappa shape index (κ2) is 11.0. The van der Waals surface area contributed by atoms with Crippen LogP contribution in [0.25, 0.3) is 0 Å². The van der Waals surface area contributed by atoms with Crippen LogP contribution in [0.1, 0.15) is 25.7 Å². The van der Waals surface area contributed by atoms with Crippen LogP contribution in [-0.4, -0.2) is 35.1 Å². The van der Waals surface area contributed by atoms with Crippen molar-refractivity contribution in [3.63, 3.8) is 0 Å². The minimum absolute atomic E-state index is 0.292. The number of amides is 4. The summed E-state index contributed by atoms with van der Waals surface area (Å²) in [5.41, 5.74) is 0. The van der Waals surface area contributed by atoms with Crippen LogP contribution in [0.5, 0.6) is 0 Å². The average Bonchev–Trinajstić information content (AvgIpc) is 2.74. The summed E-state index contributed by atoms with van der Waals surface area (Å²) in [4.78, 5) is 32.2. The number of carbonyl (C=O) groups excluding carboxylic acids is 2. The Balaban J connectivity index is 1.36. The molecule has 0 unspecified atom stereocenters. The molecule has 1 fully saturated rings. The first-order valence-electron chi connectivity index (χ1n) is 9.81. The first-order chi connectivity index (χ1) is 14.5. The van der Waals surface area contributed by atoms with E-state index in [9.17, 15) is 9.59 Å². The van der Waals surface area contributed by atoms with E-state index in [1.54, 1.807) is 24.3 Å². The fourth-order valence-electron chi connectivity index (χ4n) is 3.47. The van der Waals surface area contributed by atoms with Crippen molar-refractivity contribution in [1.29, 1.82) is 0 Å². The quantitative estimate of drug-likeness (QED) is 0.517. The maximum Gasteiger partial charge on any atom is 0.320 e. The second-order valence-corrected chi connectivity index (χ2v) is 8.16. The molecule has 2 atom stereocenters. The van der Waals surface area contributed by atoms with Crippen LogP contribution in [0, 0.1) is 11.8 Å². The van der Waals surface area contributed by atoms with E-state index in [0.717, 1.165) is 25.7 Å². The molecular formula is C20H24Cl2N6O2. The minimum atomic E-state index is -0.292. The Morgan fingerprint density at radius 2 is 1.30 bits per heavy atom. The lowest BCUT2D eigenvalue weighted by atomic mass is 9.81. The molecule has 2 aromatic heterocycles. The zero-order valence-electron chi connectivity index (χ0n) is 16.3. The molecule has 1 saturated carbocycles. The Labute approximate surface area is 185 Å². The Hall–Kier alpha value is -2.58. The molecule has 4 amide bonds. The average molecular weight is 451 g/mol. The van der Waals surface area contributed by atoms with Gasteiger partial charge in [0.2, 0.25) is 0 Å². The van der Waals surface area contributed by atoms with E-state index in [1.807, 2.05) is 0 Å². The molecule has 0 saturated heterocycles. The summed E-state index contributed by atoms with van der Waals surface area (Å²) in [5, 5.41) is 12.2. The monoisotopic (exact) mass is 450 g/mol. The third-order valence-corrected chi connectivity index (χ3v) is 5.38. The number of aromatic nitrogens is 2. The van der Waals surface area contributed by atoms with Crippen LogP contribution < -0.4 is 21.3 Å². The molecule has 1 aliphatic carbocycles. The van der Waals surface area contributed by atoms with Crippen LogP contribution in [0.2, 0.25) is 10.0 Å². The van der Waals surface area contributed by atoms with Crippen molar-refractivity contribution in [2.75, 3.05) is 23.7 Å². The van der Waals surface area contributed by atoms with E-state index >= 15 is 0 Å². The highest BCUT2D eigenvalue weighted by Crippen LogP contribution is 2.28. The number of hydrogen-bond acceptors (Lipinski definition) is 4. The van der Waals surface area contributed by atoms with Gasteiger partial charge in [0.15, 0.2) is 0 Å². The maximum absolute atomic E-state index is 12.1. The summed E-state index contributed by atoms with van der Waals surface area (Å²) in [7, 11) is 0. The summed E-state index contributed by atoms with van der Waals surface area (Å²) >= 11 is 11.6. The van der Waals surface area contributed by atoms with Crippen LogP contribution in [-0.2, 0) is 0 Å². The number of urea groups is 2. The number of nitrogens with one attached hydrogen (secondary N) is 4. The van der Waals surface area contributed by atoms with Crippen molar-refractivity contribution in [1.82, 2.24) is 20.6 Å². The van der Waals surface area contributed by atoms with Gasteiger partial charge in [-0.25, -0.2) is 19.6 Å². The molecule has 10 heteroatoms. The third-order valence-electron chi connectivity index (χ3n) is 4.93. The van der Waals surface area contributed by atoms with Crippen molar-refractivity contribution in [2.24, 2.45) is 11.8 Å². The number of carbonyl (C=O) groups is 2. The first kappa shape index (κ1) is 22.1. The molecule has 0 bridgehead atoms. The number of hydrogen-bond donors (Lipinski definition) is 4. The zero-order valence-corrected chi connectivity index (χ0v) is 17.8. The van der Waals surface area contributed by atoms with Crippen LogP contribution in [0.4, 0.5) is 21.2 Å². The van der Waals surface area contributed by atoms with Crippen molar-refractivity contribution in [2.45, 2.75) is 25.7 Å². The van der Waals surface area contributed by atoms with Gasteiger partial charge in [0, 0.05) is 25.5 Å². The molecule has 30 heavy (non-hydrogen) atoms. The van der Waals surface area contributed by atoms with E-state index in [1.165, 1.54) is 12.4 Å². The van der Waals surface area contributed by atoms with E-state index in [0.29, 0.717) is 46.6 Å².